The van der Waals surface area contributed by atoms with Gasteiger partial charge in [-0.1, -0.05) is 19.8 Å². The smallest absolute Gasteiger partial charge is 0.131 e. The van der Waals surface area contributed by atoms with Crippen LogP contribution in [-0.2, 0) is 13.6 Å². The molecule has 114 valence electrons. The zero-order valence-electron chi connectivity index (χ0n) is 13.2. The first-order chi connectivity index (χ1) is 9.47. The van der Waals surface area contributed by atoms with Crippen molar-refractivity contribution in [3.8, 4) is 0 Å². The SMILES string of the molecule is CCNCc1c(C)nn(C)c1N(C)CC1(O)CCCC1. The van der Waals surface area contributed by atoms with E-state index in [0.29, 0.717) is 6.54 Å². The second kappa shape index (κ2) is 6.14. The minimum Gasteiger partial charge on any atom is -0.388 e. The lowest BCUT2D eigenvalue weighted by Crippen LogP contribution is -2.40. The summed E-state index contributed by atoms with van der Waals surface area (Å²) in [5.74, 6) is 1.11. The monoisotopic (exact) mass is 280 g/mol. The van der Waals surface area contributed by atoms with Crippen LogP contribution in [0.1, 0.15) is 43.9 Å². The Labute approximate surface area is 122 Å². The number of nitrogens with zero attached hydrogens (tertiary/aromatic N) is 3. The van der Waals surface area contributed by atoms with Gasteiger partial charge in [-0.15, -0.1) is 0 Å². The molecule has 0 radical (unpaired) electrons. The third-order valence-corrected chi connectivity index (χ3v) is 4.29. The van der Waals surface area contributed by atoms with E-state index >= 15 is 0 Å². The Morgan fingerprint density at radius 3 is 2.65 bits per heavy atom. The average Bonchev–Trinajstić information content (AvgIpc) is 2.90. The molecule has 20 heavy (non-hydrogen) atoms. The van der Waals surface area contributed by atoms with E-state index in [9.17, 15) is 5.11 Å². The zero-order chi connectivity index (χ0) is 14.8. The molecule has 1 saturated carbocycles. The number of aromatic nitrogens is 2. The van der Waals surface area contributed by atoms with Crippen LogP contribution in [0.25, 0.3) is 0 Å². The standard InChI is InChI=1S/C15H28N4O/c1-5-16-10-13-12(2)17-19(4)14(13)18(3)11-15(20)8-6-7-9-15/h16,20H,5-11H2,1-4H3. The van der Waals surface area contributed by atoms with Gasteiger partial charge in [-0.05, 0) is 26.3 Å². The summed E-state index contributed by atoms with van der Waals surface area (Å²) in [6, 6.07) is 0. The molecule has 0 saturated heterocycles. The van der Waals surface area contributed by atoms with Gasteiger partial charge < -0.3 is 15.3 Å². The van der Waals surface area contributed by atoms with E-state index in [-0.39, 0.29) is 0 Å². The number of aryl methyl sites for hydroxylation is 2. The van der Waals surface area contributed by atoms with Crippen molar-refractivity contribution in [2.24, 2.45) is 7.05 Å². The molecule has 0 spiro atoms. The van der Waals surface area contributed by atoms with Gasteiger partial charge in [0.25, 0.3) is 0 Å². The molecule has 0 unspecified atom stereocenters. The minimum atomic E-state index is -0.525. The summed E-state index contributed by atoms with van der Waals surface area (Å²) in [6.07, 6.45) is 4.10. The number of likely N-dealkylation sites (N-methyl/N-ethyl adjacent to an activating group) is 1. The quantitative estimate of drug-likeness (QED) is 0.831. The maximum absolute atomic E-state index is 10.6. The second-order valence-corrected chi connectivity index (χ2v) is 6.08. The molecule has 1 aliphatic rings. The molecule has 0 bridgehead atoms. The molecule has 1 aromatic rings. The van der Waals surface area contributed by atoms with Gasteiger partial charge in [-0.2, -0.15) is 5.10 Å². The first-order valence-corrected chi connectivity index (χ1v) is 7.63. The number of aliphatic hydroxyl groups is 1. The average molecular weight is 280 g/mol. The molecular formula is C15H28N4O. The first kappa shape index (κ1) is 15.3. The summed E-state index contributed by atoms with van der Waals surface area (Å²) < 4.78 is 1.93. The normalized spacial score (nSPS) is 17.6. The topological polar surface area (TPSA) is 53.3 Å². The van der Waals surface area contributed by atoms with Gasteiger partial charge >= 0.3 is 0 Å². The maximum atomic E-state index is 10.6. The number of hydrogen-bond acceptors (Lipinski definition) is 4. The van der Waals surface area contributed by atoms with Crippen molar-refractivity contribution < 1.29 is 5.11 Å². The summed E-state index contributed by atoms with van der Waals surface area (Å²) >= 11 is 0. The van der Waals surface area contributed by atoms with Gasteiger partial charge in [0.2, 0.25) is 0 Å². The lowest BCUT2D eigenvalue weighted by molar-refractivity contribution is 0.0556. The van der Waals surface area contributed by atoms with Gasteiger partial charge in [0, 0.05) is 32.7 Å². The predicted octanol–water partition coefficient (Wildman–Crippen LogP) is 1.58. The van der Waals surface area contributed by atoms with Crippen LogP contribution in [0.3, 0.4) is 0 Å². The molecule has 0 aliphatic heterocycles. The summed E-state index contributed by atoms with van der Waals surface area (Å²) in [6.45, 7) is 6.62. The maximum Gasteiger partial charge on any atom is 0.131 e. The van der Waals surface area contributed by atoms with Crippen molar-refractivity contribution in [1.82, 2.24) is 15.1 Å². The Morgan fingerprint density at radius 2 is 2.05 bits per heavy atom. The van der Waals surface area contributed by atoms with Crippen molar-refractivity contribution >= 4 is 5.82 Å². The van der Waals surface area contributed by atoms with Crippen LogP contribution in [0.4, 0.5) is 5.82 Å². The number of nitrogens with one attached hydrogen (secondary N) is 1. The molecule has 2 rings (SSSR count). The molecule has 0 atom stereocenters. The van der Waals surface area contributed by atoms with Crippen LogP contribution in [0.15, 0.2) is 0 Å². The molecule has 1 fully saturated rings. The molecular weight excluding hydrogens is 252 g/mol. The fraction of sp³-hybridized carbons (Fsp3) is 0.800. The molecule has 5 heteroatoms. The van der Waals surface area contributed by atoms with Crippen molar-refractivity contribution in [2.45, 2.75) is 51.7 Å². The van der Waals surface area contributed by atoms with E-state index in [0.717, 1.165) is 50.3 Å². The molecule has 0 aromatic carbocycles. The Morgan fingerprint density at radius 1 is 1.40 bits per heavy atom. The minimum absolute atomic E-state index is 0.525. The highest BCUT2D eigenvalue weighted by Crippen LogP contribution is 2.32. The van der Waals surface area contributed by atoms with Crippen LogP contribution in [0, 0.1) is 6.92 Å². The molecule has 5 nitrogen and oxygen atoms in total. The predicted molar refractivity (Wildman–Crippen MR) is 82.0 cm³/mol. The first-order valence-electron chi connectivity index (χ1n) is 7.63. The third-order valence-electron chi connectivity index (χ3n) is 4.29. The van der Waals surface area contributed by atoms with E-state index < -0.39 is 5.60 Å². The zero-order valence-corrected chi connectivity index (χ0v) is 13.2. The van der Waals surface area contributed by atoms with Crippen LogP contribution in [0.5, 0.6) is 0 Å². The van der Waals surface area contributed by atoms with Gasteiger partial charge in [-0.25, -0.2) is 0 Å². The van der Waals surface area contributed by atoms with Crippen LogP contribution in [-0.4, -0.2) is 40.6 Å². The lowest BCUT2D eigenvalue weighted by Gasteiger charge is -2.30. The van der Waals surface area contributed by atoms with Gasteiger partial charge in [0.15, 0.2) is 0 Å². The summed E-state index contributed by atoms with van der Waals surface area (Å²) in [5.41, 5.74) is 1.77. The largest absolute Gasteiger partial charge is 0.388 e. The van der Waals surface area contributed by atoms with E-state index in [1.54, 1.807) is 0 Å². The Bertz CT molecular complexity index is 449. The van der Waals surface area contributed by atoms with Gasteiger partial charge in [-0.3, -0.25) is 4.68 Å². The second-order valence-electron chi connectivity index (χ2n) is 6.08. The van der Waals surface area contributed by atoms with Crippen LogP contribution >= 0.6 is 0 Å². The fourth-order valence-electron chi connectivity index (χ4n) is 3.33. The molecule has 0 amide bonds. The van der Waals surface area contributed by atoms with E-state index in [1.807, 2.05) is 18.7 Å². The van der Waals surface area contributed by atoms with Crippen molar-refractivity contribution in [3.63, 3.8) is 0 Å². The Kier molecular flexibility index (Phi) is 4.70. The molecule has 2 N–H and O–H groups in total. The fourth-order valence-corrected chi connectivity index (χ4v) is 3.33. The van der Waals surface area contributed by atoms with Gasteiger partial charge in [0.05, 0.1) is 11.3 Å². The van der Waals surface area contributed by atoms with Crippen molar-refractivity contribution in [1.29, 1.82) is 0 Å². The molecule has 1 aromatic heterocycles. The Balaban J connectivity index is 2.17. The summed E-state index contributed by atoms with van der Waals surface area (Å²) in [5, 5.41) is 18.5. The molecule has 1 aliphatic carbocycles. The highest BCUT2D eigenvalue weighted by Gasteiger charge is 2.33. The number of hydrogen-bond donors (Lipinski definition) is 2. The third kappa shape index (κ3) is 3.15. The van der Waals surface area contributed by atoms with Crippen LogP contribution < -0.4 is 10.2 Å². The van der Waals surface area contributed by atoms with Crippen molar-refractivity contribution in [3.05, 3.63) is 11.3 Å². The van der Waals surface area contributed by atoms with E-state index in [4.69, 9.17) is 0 Å². The number of rotatable bonds is 6. The lowest BCUT2D eigenvalue weighted by atomic mass is 10.0. The molecule has 1 heterocycles. The number of anilines is 1. The van der Waals surface area contributed by atoms with Crippen molar-refractivity contribution in [2.75, 3.05) is 25.0 Å². The van der Waals surface area contributed by atoms with E-state index in [2.05, 4.69) is 29.3 Å². The Hall–Kier alpha value is -1.07. The van der Waals surface area contributed by atoms with Gasteiger partial charge in [0.1, 0.15) is 5.82 Å². The summed E-state index contributed by atoms with van der Waals surface area (Å²) in [4.78, 5) is 2.16. The summed E-state index contributed by atoms with van der Waals surface area (Å²) in [7, 11) is 4.04. The highest BCUT2D eigenvalue weighted by atomic mass is 16.3. The highest BCUT2D eigenvalue weighted by molar-refractivity contribution is 5.50. The van der Waals surface area contributed by atoms with E-state index in [1.165, 1.54) is 5.56 Å². The van der Waals surface area contributed by atoms with Crippen LogP contribution in [0.2, 0.25) is 0 Å².